The van der Waals surface area contributed by atoms with Crippen LogP contribution < -0.4 is 5.32 Å². The van der Waals surface area contributed by atoms with E-state index in [1.54, 1.807) is 6.08 Å². The van der Waals surface area contributed by atoms with Crippen LogP contribution in [0.5, 0.6) is 0 Å². The average Bonchev–Trinajstić information content (AvgIpc) is 2.87. The van der Waals surface area contributed by atoms with Gasteiger partial charge in [-0.05, 0) is 18.2 Å². The van der Waals surface area contributed by atoms with Crippen LogP contribution in [0.1, 0.15) is 0 Å². The summed E-state index contributed by atoms with van der Waals surface area (Å²) in [5, 5.41) is 10.4. The molecule has 1 spiro atoms. The topological polar surface area (TPSA) is 79.2 Å². The highest BCUT2D eigenvalue weighted by atomic mass is 16.5. The molecule has 0 radical (unpaired) electrons. The average molecular weight is 316 g/mol. The molecule has 0 saturated carbocycles. The summed E-state index contributed by atoms with van der Waals surface area (Å²) in [6, 6.07) is 0. The molecule has 2 atom stereocenters. The molecule has 1 fully saturated rings. The maximum Gasteiger partial charge on any atom is 0.258 e. The first kappa shape index (κ1) is 13.2. The van der Waals surface area contributed by atoms with Crippen LogP contribution in [-0.4, -0.2) is 23.1 Å². The third kappa shape index (κ3) is 1.46. The van der Waals surface area contributed by atoms with Crippen LogP contribution in [0.2, 0.25) is 0 Å². The highest BCUT2D eigenvalue weighted by molar-refractivity contribution is 6.27. The van der Waals surface area contributed by atoms with E-state index >= 15 is 0 Å². The molecule has 1 saturated heterocycles. The molecule has 3 aliphatic carbocycles. The van der Waals surface area contributed by atoms with Gasteiger partial charge in [-0.15, -0.1) is 0 Å². The monoisotopic (exact) mass is 316 g/mol. The van der Waals surface area contributed by atoms with Gasteiger partial charge in [-0.25, -0.2) is 0 Å². The highest BCUT2D eigenvalue weighted by Crippen LogP contribution is 2.48. The number of amides is 2. The van der Waals surface area contributed by atoms with Crippen LogP contribution in [0.25, 0.3) is 0 Å². The van der Waals surface area contributed by atoms with E-state index < -0.39 is 23.3 Å². The predicted molar refractivity (Wildman–Crippen MR) is 86.9 cm³/mol. The van der Waals surface area contributed by atoms with E-state index in [-0.39, 0.29) is 11.3 Å². The molecule has 0 bridgehead atoms. The SMILES string of the molecule is N=C1C=C2C=C3C=CC=C4C=CC=CC43OC2=C2C(=O)NC(=O)C12. The first-order chi connectivity index (χ1) is 11.6. The minimum absolute atomic E-state index is 0.109. The molecule has 116 valence electrons. The molecule has 0 aromatic carbocycles. The maximum absolute atomic E-state index is 12.3. The van der Waals surface area contributed by atoms with E-state index in [1.165, 1.54) is 0 Å². The fourth-order valence-electron chi connectivity index (χ4n) is 3.77. The number of fused-ring (bicyclic) bond motifs is 2. The number of carbonyl (C=O) groups excluding carboxylic acids is 2. The van der Waals surface area contributed by atoms with Gasteiger partial charge in [0.2, 0.25) is 5.91 Å². The molecule has 5 nitrogen and oxygen atoms in total. The maximum atomic E-state index is 12.3. The van der Waals surface area contributed by atoms with Crippen molar-refractivity contribution in [3.63, 3.8) is 0 Å². The summed E-state index contributed by atoms with van der Waals surface area (Å²) >= 11 is 0. The lowest BCUT2D eigenvalue weighted by Gasteiger charge is -2.42. The number of hydrogen-bond donors (Lipinski definition) is 2. The second-order valence-corrected chi connectivity index (χ2v) is 6.19. The van der Waals surface area contributed by atoms with Crippen LogP contribution in [0, 0.1) is 11.3 Å². The number of carbonyl (C=O) groups is 2. The molecule has 2 N–H and O–H groups in total. The summed E-state index contributed by atoms with van der Waals surface area (Å²) in [4.78, 5) is 24.3. The number of nitrogens with one attached hydrogen (secondary N) is 2. The van der Waals surface area contributed by atoms with Crippen molar-refractivity contribution >= 4 is 17.5 Å². The van der Waals surface area contributed by atoms with Crippen molar-refractivity contribution in [3.8, 4) is 0 Å². The van der Waals surface area contributed by atoms with Crippen LogP contribution in [0.3, 0.4) is 0 Å². The van der Waals surface area contributed by atoms with Crippen molar-refractivity contribution in [1.82, 2.24) is 5.32 Å². The van der Waals surface area contributed by atoms with E-state index in [0.717, 1.165) is 11.1 Å². The Kier molecular flexibility index (Phi) is 2.32. The van der Waals surface area contributed by atoms with Gasteiger partial charge in [0.15, 0.2) is 5.60 Å². The minimum atomic E-state index is -0.878. The second kappa shape index (κ2) is 4.20. The normalized spacial score (nSPS) is 32.1. The Morgan fingerprint density at radius 2 is 1.92 bits per heavy atom. The lowest BCUT2D eigenvalue weighted by molar-refractivity contribution is -0.124. The van der Waals surface area contributed by atoms with Crippen LogP contribution >= 0.6 is 0 Å². The van der Waals surface area contributed by atoms with Gasteiger partial charge >= 0.3 is 0 Å². The number of hydrogen-bond acceptors (Lipinski definition) is 4. The van der Waals surface area contributed by atoms with Gasteiger partial charge in [-0.1, -0.05) is 36.5 Å². The third-order valence-corrected chi connectivity index (χ3v) is 4.86. The number of imide groups is 1. The molecule has 2 heterocycles. The summed E-state index contributed by atoms with van der Waals surface area (Å²) < 4.78 is 6.34. The molecule has 2 amide bonds. The lowest BCUT2D eigenvalue weighted by atomic mass is 9.75. The highest BCUT2D eigenvalue weighted by Gasteiger charge is 2.49. The zero-order valence-electron chi connectivity index (χ0n) is 12.5. The van der Waals surface area contributed by atoms with E-state index in [1.807, 2.05) is 48.6 Å². The molecule has 24 heavy (non-hydrogen) atoms. The molecular weight excluding hydrogens is 304 g/mol. The van der Waals surface area contributed by atoms with E-state index in [4.69, 9.17) is 10.1 Å². The van der Waals surface area contributed by atoms with Crippen LogP contribution in [-0.2, 0) is 14.3 Å². The largest absolute Gasteiger partial charge is 0.472 e. The van der Waals surface area contributed by atoms with Gasteiger partial charge in [0.1, 0.15) is 11.7 Å². The Balaban J connectivity index is 1.78. The molecule has 2 aliphatic heterocycles. The Morgan fingerprint density at radius 3 is 2.79 bits per heavy atom. The fraction of sp³-hybridized carbons (Fsp3) is 0.105. The molecule has 0 aromatic rings. The van der Waals surface area contributed by atoms with Crippen molar-refractivity contribution in [3.05, 3.63) is 82.7 Å². The smallest absolute Gasteiger partial charge is 0.258 e. The zero-order valence-corrected chi connectivity index (χ0v) is 12.5. The summed E-state index contributed by atoms with van der Waals surface area (Å²) in [6.07, 6.45) is 17.2. The molecular formula is C19H12N2O3. The van der Waals surface area contributed by atoms with Crippen LogP contribution in [0.15, 0.2) is 82.7 Å². The third-order valence-electron chi connectivity index (χ3n) is 4.86. The Labute approximate surface area is 137 Å². The first-order valence-electron chi connectivity index (χ1n) is 7.66. The summed E-state index contributed by atoms with van der Waals surface area (Å²) in [6.45, 7) is 0. The number of ether oxygens (including phenoxy) is 1. The van der Waals surface area contributed by atoms with Gasteiger partial charge in [-0.3, -0.25) is 14.9 Å². The van der Waals surface area contributed by atoms with Gasteiger partial charge in [-0.2, -0.15) is 0 Å². The van der Waals surface area contributed by atoms with Crippen molar-refractivity contribution in [1.29, 1.82) is 5.41 Å². The van der Waals surface area contributed by atoms with Crippen LogP contribution in [0.4, 0.5) is 0 Å². The lowest BCUT2D eigenvalue weighted by Crippen LogP contribution is -2.40. The molecule has 5 aliphatic rings. The second-order valence-electron chi connectivity index (χ2n) is 6.19. The Morgan fingerprint density at radius 1 is 1.08 bits per heavy atom. The molecule has 2 unspecified atom stereocenters. The van der Waals surface area contributed by atoms with E-state index in [2.05, 4.69) is 5.32 Å². The van der Waals surface area contributed by atoms with Gasteiger partial charge in [0.25, 0.3) is 5.91 Å². The minimum Gasteiger partial charge on any atom is -0.472 e. The molecule has 0 aromatic heterocycles. The van der Waals surface area contributed by atoms with E-state index in [9.17, 15) is 9.59 Å². The van der Waals surface area contributed by atoms with E-state index in [0.29, 0.717) is 11.3 Å². The number of allylic oxidation sites excluding steroid dienone is 6. The first-order valence-corrected chi connectivity index (χ1v) is 7.66. The van der Waals surface area contributed by atoms with Gasteiger partial charge in [0, 0.05) is 22.4 Å². The predicted octanol–water partition coefficient (Wildman–Crippen LogP) is 1.79. The van der Waals surface area contributed by atoms with Gasteiger partial charge < -0.3 is 10.1 Å². The van der Waals surface area contributed by atoms with Crippen molar-refractivity contribution in [2.24, 2.45) is 5.92 Å². The Bertz CT molecular complexity index is 969. The Hall–Kier alpha value is -3.21. The standard InChI is InChI=1S/C19H12N2O3/c20-13-9-10-8-12-6-3-5-11-4-1-2-7-19(11,12)24-16(10)15-14(13)17(22)21-18(15)23/h1-9,14,20H,(H,21,22,23). The van der Waals surface area contributed by atoms with Crippen molar-refractivity contribution < 1.29 is 14.3 Å². The summed E-state index contributed by atoms with van der Waals surface area (Å²) in [5.74, 6) is -1.42. The van der Waals surface area contributed by atoms with Gasteiger partial charge in [0.05, 0.1) is 5.57 Å². The number of rotatable bonds is 0. The van der Waals surface area contributed by atoms with Crippen molar-refractivity contribution in [2.75, 3.05) is 0 Å². The molecule has 5 rings (SSSR count). The molecule has 5 heteroatoms. The van der Waals surface area contributed by atoms with Crippen molar-refractivity contribution in [2.45, 2.75) is 5.60 Å². The fourth-order valence-corrected chi connectivity index (χ4v) is 3.77. The quantitative estimate of drug-likeness (QED) is 0.669. The summed E-state index contributed by atoms with van der Waals surface area (Å²) in [7, 11) is 0. The summed E-state index contributed by atoms with van der Waals surface area (Å²) in [5.41, 5.74) is 2.13. The zero-order chi connectivity index (χ0) is 16.5.